The van der Waals surface area contributed by atoms with Crippen molar-refractivity contribution >= 4 is 58.0 Å². The van der Waals surface area contributed by atoms with Gasteiger partial charge in [-0.15, -0.1) is 24.8 Å². The van der Waals surface area contributed by atoms with Gasteiger partial charge in [-0.05, 0) is 37.1 Å². The Hall–Kier alpha value is -2.56. The Balaban J connectivity index is 0.00000160. The molecule has 4 rings (SSSR count). The molecule has 30 heavy (non-hydrogen) atoms. The summed E-state index contributed by atoms with van der Waals surface area (Å²) in [5.74, 6) is 0. The molecular formula is C24H28Cl2N4. The third kappa shape index (κ3) is 5.97. The minimum atomic E-state index is 0. The van der Waals surface area contributed by atoms with Crippen LogP contribution in [0.2, 0.25) is 0 Å². The number of unbranched alkanes of at least 4 members (excludes halogenated alkanes) is 3. The van der Waals surface area contributed by atoms with E-state index in [9.17, 15) is 0 Å². The smallest absolute Gasteiger partial charge is 0.0722 e. The zero-order valence-electron chi connectivity index (χ0n) is 16.9. The molecule has 0 unspecified atom stereocenters. The topological polar surface area (TPSA) is 49.8 Å². The van der Waals surface area contributed by atoms with Crippen LogP contribution < -0.4 is 10.6 Å². The van der Waals surface area contributed by atoms with E-state index < -0.39 is 0 Å². The summed E-state index contributed by atoms with van der Waals surface area (Å²) in [6.07, 6.45) is 8.56. The summed E-state index contributed by atoms with van der Waals surface area (Å²) in [4.78, 5) is 8.83. The lowest BCUT2D eigenvalue weighted by atomic mass is 10.1. The summed E-state index contributed by atoms with van der Waals surface area (Å²) in [5, 5.41) is 9.51. The Bertz CT molecular complexity index is 959. The molecule has 0 atom stereocenters. The third-order valence-electron chi connectivity index (χ3n) is 5.03. The molecule has 2 N–H and O–H groups in total. The van der Waals surface area contributed by atoms with Gasteiger partial charge >= 0.3 is 0 Å². The first-order valence-corrected chi connectivity index (χ1v) is 10.1. The lowest BCUT2D eigenvalue weighted by molar-refractivity contribution is 0.671. The van der Waals surface area contributed by atoms with Crippen LogP contribution >= 0.6 is 24.8 Å². The molecule has 0 aliphatic rings. The maximum Gasteiger partial charge on any atom is 0.0722 e. The minimum absolute atomic E-state index is 0. The largest absolute Gasteiger partial charge is 0.384 e. The number of fused-ring (bicyclic) bond motifs is 2. The Labute approximate surface area is 190 Å². The maximum absolute atomic E-state index is 4.41. The number of nitrogens with zero attached hydrogens (tertiary/aromatic N) is 2. The zero-order chi connectivity index (χ0) is 19.0. The van der Waals surface area contributed by atoms with Crippen molar-refractivity contribution in [3.63, 3.8) is 0 Å². The normalized spacial score (nSPS) is 10.3. The molecule has 4 nitrogen and oxygen atoms in total. The quantitative estimate of drug-likeness (QED) is 0.282. The number of hydrogen-bond acceptors (Lipinski definition) is 4. The minimum Gasteiger partial charge on any atom is -0.384 e. The number of benzene rings is 2. The summed E-state index contributed by atoms with van der Waals surface area (Å²) < 4.78 is 0. The fourth-order valence-corrected chi connectivity index (χ4v) is 3.55. The highest BCUT2D eigenvalue weighted by molar-refractivity contribution is 5.91. The van der Waals surface area contributed by atoms with Gasteiger partial charge in [0.15, 0.2) is 0 Å². The lowest BCUT2D eigenvalue weighted by Crippen LogP contribution is -2.04. The van der Waals surface area contributed by atoms with Crippen LogP contribution in [0.15, 0.2) is 73.1 Å². The fourth-order valence-electron chi connectivity index (χ4n) is 3.55. The van der Waals surface area contributed by atoms with Crippen LogP contribution in [0.3, 0.4) is 0 Å². The third-order valence-corrected chi connectivity index (χ3v) is 5.03. The van der Waals surface area contributed by atoms with Crippen LogP contribution in [0.25, 0.3) is 21.8 Å². The van der Waals surface area contributed by atoms with Crippen LogP contribution in [0.1, 0.15) is 25.7 Å². The monoisotopic (exact) mass is 442 g/mol. The molecule has 0 aliphatic heterocycles. The predicted molar refractivity (Wildman–Crippen MR) is 133 cm³/mol. The van der Waals surface area contributed by atoms with E-state index >= 15 is 0 Å². The zero-order valence-corrected chi connectivity index (χ0v) is 18.5. The van der Waals surface area contributed by atoms with Gasteiger partial charge in [-0.2, -0.15) is 0 Å². The summed E-state index contributed by atoms with van der Waals surface area (Å²) in [6, 6.07) is 20.7. The standard InChI is InChI=1S/C24H26N4.2ClH/c1(7-15-25-23-13-17-27-21-11-5-3-9-19(21)23)2-8-16-26-24-14-18-28-22-12-6-4-10-20(22)24;;/h3-6,9-14,17-18H,1-2,7-8,15-16H2,(H,25,27)(H,26,28);2*1H. The number of anilines is 2. The highest BCUT2D eigenvalue weighted by Gasteiger charge is 2.01. The Morgan fingerprint density at radius 1 is 0.533 bits per heavy atom. The van der Waals surface area contributed by atoms with E-state index in [2.05, 4.69) is 69.1 Å². The number of aromatic nitrogens is 2. The molecule has 0 fully saturated rings. The van der Waals surface area contributed by atoms with E-state index in [1.54, 1.807) is 0 Å². The van der Waals surface area contributed by atoms with Crippen LogP contribution in [-0.2, 0) is 0 Å². The fraction of sp³-hybridized carbons (Fsp3) is 0.250. The van der Waals surface area contributed by atoms with Crippen LogP contribution in [-0.4, -0.2) is 23.1 Å². The predicted octanol–water partition coefficient (Wildman–Crippen LogP) is 6.71. The van der Waals surface area contributed by atoms with E-state index in [4.69, 9.17) is 0 Å². The average Bonchev–Trinajstić information content (AvgIpc) is 2.76. The van der Waals surface area contributed by atoms with Gasteiger partial charge in [0.25, 0.3) is 0 Å². The molecule has 0 spiro atoms. The Kier molecular flexibility index (Phi) is 9.65. The second-order valence-corrected chi connectivity index (χ2v) is 7.02. The van der Waals surface area contributed by atoms with Gasteiger partial charge < -0.3 is 10.6 Å². The molecule has 0 amide bonds. The van der Waals surface area contributed by atoms with E-state index in [1.807, 2.05) is 24.5 Å². The highest BCUT2D eigenvalue weighted by Crippen LogP contribution is 2.22. The summed E-state index contributed by atoms with van der Waals surface area (Å²) in [5.41, 5.74) is 4.44. The van der Waals surface area contributed by atoms with Crippen molar-refractivity contribution in [1.82, 2.24) is 9.97 Å². The van der Waals surface area contributed by atoms with Gasteiger partial charge in [0, 0.05) is 47.6 Å². The number of nitrogens with one attached hydrogen (secondary N) is 2. The first-order valence-electron chi connectivity index (χ1n) is 10.1. The van der Waals surface area contributed by atoms with Crippen LogP contribution in [0.5, 0.6) is 0 Å². The first kappa shape index (κ1) is 23.7. The Morgan fingerprint density at radius 2 is 0.967 bits per heavy atom. The summed E-state index contributed by atoms with van der Waals surface area (Å²) in [7, 11) is 0. The number of halogens is 2. The van der Waals surface area contributed by atoms with E-state index in [1.165, 1.54) is 47.8 Å². The molecule has 0 bridgehead atoms. The van der Waals surface area contributed by atoms with E-state index in [0.29, 0.717) is 0 Å². The van der Waals surface area contributed by atoms with Gasteiger partial charge in [-0.1, -0.05) is 49.2 Å². The van der Waals surface area contributed by atoms with Gasteiger partial charge in [0.05, 0.1) is 11.0 Å². The molecular weight excluding hydrogens is 415 g/mol. The molecule has 0 radical (unpaired) electrons. The molecule has 2 aromatic carbocycles. The van der Waals surface area contributed by atoms with E-state index in [0.717, 1.165) is 24.1 Å². The van der Waals surface area contributed by atoms with Crippen molar-refractivity contribution in [3.05, 3.63) is 73.1 Å². The second-order valence-electron chi connectivity index (χ2n) is 7.02. The van der Waals surface area contributed by atoms with Gasteiger partial charge in [-0.25, -0.2) is 0 Å². The molecule has 0 saturated carbocycles. The van der Waals surface area contributed by atoms with Crippen molar-refractivity contribution in [2.45, 2.75) is 25.7 Å². The Morgan fingerprint density at radius 3 is 1.43 bits per heavy atom. The molecule has 0 saturated heterocycles. The molecule has 0 aliphatic carbocycles. The maximum atomic E-state index is 4.41. The van der Waals surface area contributed by atoms with Crippen molar-refractivity contribution < 1.29 is 0 Å². The average molecular weight is 443 g/mol. The SMILES string of the molecule is Cl.Cl.c1ccc2c(NCCCCCCNc3ccnc4ccccc34)ccnc2c1. The van der Waals surface area contributed by atoms with Gasteiger partial charge in [-0.3, -0.25) is 9.97 Å². The van der Waals surface area contributed by atoms with Gasteiger partial charge in [0.2, 0.25) is 0 Å². The number of rotatable bonds is 9. The first-order chi connectivity index (χ1) is 13.9. The number of hydrogen-bond donors (Lipinski definition) is 2. The van der Waals surface area contributed by atoms with Crippen molar-refractivity contribution in [3.8, 4) is 0 Å². The number of pyridine rings is 2. The van der Waals surface area contributed by atoms with Crippen molar-refractivity contribution in [1.29, 1.82) is 0 Å². The van der Waals surface area contributed by atoms with Crippen molar-refractivity contribution in [2.75, 3.05) is 23.7 Å². The van der Waals surface area contributed by atoms with Crippen LogP contribution in [0, 0.1) is 0 Å². The molecule has 4 aromatic rings. The lowest BCUT2D eigenvalue weighted by Gasteiger charge is -2.10. The molecule has 6 heteroatoms. The second kappa shape index (κ2) is 12.2. The molecule has 2 aromatic heterocycles. The summed E-state index contributed by atoms with van der Waals surface area (Å²) >= 11 is 0. The van der Waals surface area contributed by atoms with Gasteiger partial charge in [0.1, 0.15) is 0 Å². The molecule has 158 valence electrons. The van der Waals surface area contributed by atoms with E-state index in [-0.39, 0.29) is 24.8 Å². The van der Waals surface area contributed by atoms with Crippen molar-refractivity contribution in [2.24, 2.45) is 0 Å². The summed E-state index contributed by atoms with van der Waals surface area (Å²) in [6.45, 7) is 1.99. The highest BCUT2D eigenvalue weighted by atomic mass is 35.5. The molecule has 2 heterocycles. The number of para-hydroxylation sites is 2. The van der Waals surface area contributed by atoms with Crippen LogP contribution in [0.4, 0.5) is 11.4 Å².